The number of carbonyl (C=O) groups is 1. The molecule has 1 aromatic rings. The highest BCUT2D eigenvalue weighted by atomic mass is 16.2. The third-order valence-corrected chi connectivity index (χ3v) is 5.42. The molecule has 2 aliphatic rings. The van der Waals surface area contributed by atoms with Crippen molar-refractivity contribution in [3.05, 3.63) is 18.2 Å². The van der Waals surface area contributed by atoms with E-state index in [0.29, 0.717) is 12.0 Å². The molecular formula is C18H31N5O. The molecule has 0 bridgehead atoms. The molecule has 6 nitrogen and oxygen atoms in total. The normalized spacial score (nSPS) is 22.6. The van der Waals surface area contributed by atoms with E-state index in [9.17, 15) is 4.79 Å². The molecule has 1 atom stereocenters. The Morgan fingerprint density at radius 2 is 2.12 bits per heavy atom. The number of urea groups is 1. The van der Waals surface area contributed by atoms with Gasteiger partial charge in [0.05, 0.1) is 6.54 Å². The maximum atomic E-state index is 11.9. The summed E-state index contributed by atoms with van der Waals surface area (Å²) in [7, 11) is 2.05. The quantitative estimate of drug-likeness (QED) is 0.839. The van der Waals surface area contributed by atoms with E-state index in [-0.39, 0.29) is 6.03 Å². The summed E-state index contributed by atoms with van der Waals surface area (Å²) in [6.45, 7) is 3.97. The molecule has 1 saturated heterocycles. The molecule has 134 valence electrons. The lowest BCUT2D eigenvalue weighted by Gasteiger charge is -2.32. The van der Waals surface area contributed by atoms with E-state index in [0.717, 1.165) is 51.3 Å². The topological polar surface area (TPSA) is 62.2 Å². The lowest BCUT2D eigenvalue weighted by molar-refractivity contribution is 0.157. The van der Waals surface area contributed by atoms with Crippen LogP contribution in [0.25, 0.3) is 0 Å². The summed E-state index contributed by atoms with van der Waals surface area (Å²) in [5.74, 6) is 1.80. The summed E-state index contributed by atoms with van der Waals surface area (Å²) >= 11 is 0. The zero-order valence-corrected chi connectivity index (χ0v) is 14.8. The van der Waals surface area contributed by atoms with E-state index in [1.165, 1.54) is 25.7 Å². The monoisotopic (exact) mass is 333 g/mol. The van der Waals surface area contributed by atoms with Gasteiger partial charge >= 0.3 is 6.03 Å². The number of piperidine rings is 1. The van der Waals surface area contributed by atoms with Crippen molar-refractivity contribution in [3.63, 3.8) is 0 Å². The molecule has 0 aromatic carbocycles. The van der Waals surface area contributed by atoms with Gasteiger partial charge in [-0.15, -0.1) is 0 Å². The van der Waals surface area contributed by atoms with Crippen LogP contribution in [-0.2, 0) is 13.6 Å². The number of imidazole rings is 1. The molecule has 1 aromatic heterocycles. The van der Waals surface area contributed by atoms with E-state index in [2.05, 4.69) is 32.1 Å². The standard InChI is InChI=1S/C18H31N5O/c1-22-12-10-19-17(22)14-23-11-4-5-15(13-23)8-9-20-18(24)21-16-6-2-3-7-16/h10,12,15-16H,2-9,11,13-14H2,1H3,(H2,20,21,24)/t15-/m1/s1. The number of likely N-dealkylation sites (tertiary alicyclic amines) is 1. The Balaban J connectivity index is 1.34. The van der Waals surface area contributed by atoms with Crippen molar-refractivity contribution >= 4 is 6.03 Å². The van der Waals surface area contributed by atoms with Crippen LogP contribution in [0, 0.1) is 5.92 Å². The third-order valence-electron chi connectivity index (χ3n) is 5.42. The van der Waals surface area contributed by atoms with Crippen LogP contribution in [0.4, 0.5) is 4.79 Å². The van der Waals surface area contributed by atoms with Crippen molar-refractivity contribution in [1.29, 1.82) is 0 Å². The summed E-state index contributed by atoms with van der Waals surface area (Å²) in [6, 6.07) is 0.413. The molecule has 0 unspecified atom stereocenters. The van der Waals surface area contributed by atoms with Gasteiger partial charge in [-0.1, -0.05) is 12.8 Å². The zero-order chi connectivity index (χ0) is 16.8. The fraction of sp³-hybridized carbons (Fsp3) is 0.778. The second-order valence-corrected chi connectivity index (χ2v) is 7.37. The van der Waals surface area contributed by atoms with Crippen molar-refractivity contribution in [1.82, 2.24) is 25.1 Å². The Morgan fingerprint density at radius 3 is 2.88 bits per heavy atom. The molecule has 2 amide bonds. The van der Waals surface area contributed by atoms with Crippen LogP contribution in [0.2, 0.25) is 0 Å². The van der Waals surface area contributed by atoms with Gasteiger partial charge in [0.2, 0.25) is 0 Å². The fourth-order valence-electron chi connectivity index (χ4n) is 3.98. The van der Waals surface area contributed by atoms with Crippen LogP contribution < -0.4 is 10.6 Å². The zero-order valence-electron chi connectivity index (χ0n) is 14.8. The van der Waals surface area contributed by atoms with Gasteiger partial charge in [-0.25, -0.2) is 9.78 Å². The Kier molecular flexibility index (Phi) is 6.12. The van der Waals surface area contributed by atoms with Crippen LogP contribution in [0.1, 0.15) is 50.8 Å². The van der Waals surface area contributed by atoms with Crippen LogP contribution in [0.15, 0.2) is 12.4 Å². The van der Waals surface area contributed by atoms with Crippen LogP contribution in [0.3, 0.4) is 0 Å². The van der Waals surface area contributed by atoms with E-state index in [1.807, 2.05) is 12.4 Å². The first-order valence-corrected chi connectivity index (χ1v) is 9.43. The van der Waals surface area contributed by atoms with Crippen LogP contribution >= 0.6 is 0 Å². The molecule has 1 aliphatic carbocycles. The van der Waals surface area contributed by atoms with E-state index >= 15 is 0 Å². The molecule has 0 radical (unpaired) electrons. The Labute approximate surface area is 145 Å². The molecule has 0 spiro atoms. The summed E-state index contributed by atoms with van der Waals surface area (Å²) < 4.78 is 2.10. The summed E-state index contributed by atoms with van der Waals surface area (Å²) in [5, 5.41) is 6.13. The number of carbonyl (C=O) groups excluding carboxylic acids is 1. The minimum Gasteiger partial charge on any atom is -0.338 e. The van der Waals surface area contributed by atoms with Crippen molar-refractivity contribution in [2.45, 2.75) is 57.5 Å². The van der Waals surface area contributed by atoms with Crippen LogP contribution in [0.5, 0.6) is 0 Å². The van der Waals surface area contributed by atoms with E-state index in [4.69, 9.17) is 0 Å². The predicted molar refractivity (Wildman–Crippen MR) is 94.6 cm³/mol. The van der Waals surface area contributed by atoms with Crippen molar-refractivity contribution in [2.24, 2.45) is 13.0 Å². The van der Waals surface area contributed by atoms with Gasteiger partial charge in [0, 0.05) is 38.6 Å². The highest BCUT2D eigenvalue weighted by molar-refractivity contribution is 5.74. The Hall–Kier alpha value is -1.56. The number of hydrogen-bond donors (Lipinski definition) is 2. The SMILES string of the molecule is Cn1ccnc1CN1CCC[C@H](CCNC(=O)NC2CCCC2)C1. The first-order chi connectivity index (χ1) is 11.7. The number of aromatic nitrogens is 2. The molecule has 6 heteroatoms. The van der Waals surface area contributed by atoms with Gasteiger partial charge in [-0.05, 0) is 44.6 Å². The molecular weight excluding hydrogens is 302 g/mol. The molecule has 2 N–H and O–H groups in total. The van der Waals surface area contributed by atoms with Crippen LogP contribution in [-0.4, -0.2) is 46.2 Å². The second-order valence-electron chi connectivity index (χ2n) is 7.37. The van der Waals surface area contributed by atoms with E-state index < -0.39 is 0 Å². The van der Waals surface area contributed by atoms with Crippen molar-refractivity contribution in [3.8, 4) is 0 Å². The minimum atomic E-state index is 0.0163. The Morgan fingerprint density at radius 1 is 1.29 bits per heavy atom. The highest BCUT2D eigenvalue weighted by Crippen LogP contribution is 2.20. The molecule has 1 saturated carbocycles. The van der Waals surface area contributed by atoms with Gasteiger partial charge < -0.3 is 15.2 Å². The maximum absolute atomic E-state index is 11.9. The lowest BCUT2D eigenvalue weighted by atomic mass is 9.95. The second kappa shape index (κ2) is 8.51. The molecule has 1 aliphatic heterocycles. The Bertz CT molecular complexity index is 523. The number of hydrogen-bond acceptors (Lipinski definition) is 3. The third kappa shape index (κ3) is 4.97. The first kappa shape index (κ1) is 17.3. The maximum Gasteiger partial charge on any atom is 0.315 e. The van der Waals surface area contributed by atoms with E-state index in [1.54, 1.807) is 0 Å². The number of rotatable bonds is 6. The largest absolute Gasteiger partial charge is 0.338 e. The summed E-state index contributed by atoms with van der Waals surface area (Å²) in [4.78, 5) is 18.8. The number of nitrogens with zero attached hydrogens (tertiary/aromatic N) is 3. The average Bonchev–Trinajstić information content (AvgIpc) is 3.20. The van der Waals surface area contributed by atoms with Gasteiger partial charge in [-0.3, -0.25) is 4.90 Å². The molecule has 2 heterocycles. The number of nitrogens with one attached hydrogen (secondary N) is 2. The smallest absolute Gasteiger partial charge is 0.315 e. The highest BCUT2D eigenvalue weighted by Gasteiger charge is 2.21. The van der Waals surface area contributed by atoms with Gasteiger partial charge in [0.15, 0.2) is 0 Å². The van der Waals surface area contributed by atoms with Crippen molar-refractivity contribution in [2.75, 3.05) is 19.6 Å². The number of amides is 2. The summed E-state index contributed by atoms with van der Waals surface area (Å²) in [6.07, 6.45) is 12.2. The van der Waals surface area contributed by atoms with Gasteiger partial charge in [0.1, 0.15) is 5.82 Å². The number of aryl methyl sites for hydroxylation is 1. The molecule has 24 heavy (non-hydrogen) atoms. The predicted octanol–water partition coefficient (Wildman–Crippen LogP) is 2.26. The van der Waals surface area contributed by atoms with Gasteiger partial charge in [-0.2, -0.15) is 0 Å². The average molecular weight is 333 g/mol. The first-order valence-electron chi connectivity index (χ1n) is 9.43. The van der Waals surface area contributed by atoms with Crippen molar-refractivity contribution < 1.29 is 4.79 Å². The van der Waals surface area contributed by atoms with Gasteiger partial charge in [0.25, 0.3) is 0 Å². The fourth-order valence-corrected chi connectivity index (χ4v) is 3.98. The molecule has 2 fully saturated rings. The minimum absolute atomic E-state index is 0.0163. The summed E-state index contributed by atoms with van der Waals surface area (Å²) in [5.41, 5.74) is 0. The molecule has 3 rings (SSSR count). The lowest BCUT2D eigenvalue weighted by Crippen LogP contribution is -2.42.